The van der Waals surface area contributed by atoms with Crippen molar-refractivity contribution in [1.82, 2.24) is 10.2 Å². The zero-order valence-corrected chi connectivity index (χ0v) is 14.6. The number of hydrogen-bond acceptors (Lipinski definition) is 4. The van der Waals surface area contributed by atoms with Gasteiger partial charge in [0.25, 0.3) is 5.91 Å². The molecule has 0 radical (unpaired) electrons. The lowest BCUT2D eigenvalue weighted by molar-refractivity contribution is -0.141. The second-order valence-corrected chi connectivity index (χ2v) is 6.39. The zero-order valence-electron chi connectivity index (χ0n) is 14.6. The molecule has 0 atom stereocenters. The minimum absolute atomic E-state index is 0.162. The maximum atomic E-state index is 12.6. The van der Waals surface area contributed by atoms with Crippen LogP contribution in [-0.4, -0.2) is 49.6 Å². The largest absolute Gasteiger partial charge is 0.493 e. The third-order valence-electron chi connectivity index (χ3n) is 4.55. The van der Waals surface area contributed by atoms with Crippen molar-refractivity contribution >= 4 is 22.8 Å². The van der Waals surface area contributed by atoms with E-state index in [0.717, 1.165) is 5.39 Å². The van der Waals surface area contributed by atoms with Crippen LogP contribution < -0.4 is 10.1 Å². The minimum atomic E-state index is -4.44. The number of amides is 2. The number of piperidine rings is 1. The first-order valence-corrected chi connectivity index (χ1v) is 8.49. The van der Waals surface area contributed by atoms with Gasteiger partial charge in [-0.05, 0) is 25.0 Å². The highest BCUT2D eigenvalue weighted by Gasteiger charge is 2.32. The van der Waals surface area contributed by atoms with Crippen LogP contribution in [0.5, 0.6) is 5.75 Å². The maximum Gasteiger partial charge on any atom is 0.405 e. The fourth-order valence-electron chi connectivity index (χ4n) is 3.13. The molecule has 2 heterocycles. The summed E-state index contributed by atoms with van der Waals surface area (Å²) in [5.74, 6) is -0.802. The van der Waals surface area contributed by atoms with E-state index in [1.807, 2.05) is 5.32 Å². The Bertz CT molecular complexity index is 839. The van der Waals surface area contributed by atoms with Gasteiger partial charge in [0.2, 0.25) is 5.91 Å². The van der Waals surface area contributed by atoms with Gasteiger partial charge in [0.05, 0.1) is 7.11 Å². The summed E-state index contributed by atoms with van der Waals surface area (Å²) in [6.45, 7) is -0.792. The van der Waals surface area contributed by atoms with Crippen LogP contribution >= 0.6 is 0 Å². The summed E-state index contributed by atoms with van der Waals surface area (Å²) < 4.78 is 47.4. The van der Waals surface area contributed by atoms with Gasteiger partial charge < -0.3 is 19.4 Å². The summed E-state index contributed by atoms with van der Waals surface area (Å²) in [7, 11) is 1.51. The van der Waals surface area contributed by atoms with Gasteiger partial charge in [-0.3, -0.25) is 9.59 Å². The Balaban J connectivity index is 1.61. The molecule has 1 aliphatic heterocycles. The molecule has 1 saturated heterocycles. The molecule has 2 amide bonds. The minimum Gasteiger partial charge on any atom is -0.493 e. The summed E-state index contributed by atoms with van der Waals surface area (Å²) >= 11 is 0. The summed E-state index contributed by atoms with van der Waals surface area (Å²) in [6, 6.07) is 6.94. The Morgan fingerprint density at radius 3 is 2.63 bits per heavy atom. The van der Waals surface area contributed by atoms with E-state index in [1.54, 1.807) is 24.3 Å². The molecular weight excluding hydrogens is 365 g/mol. The fraction of sp³-hybridized carbons (Fsp3) is 0.444. The molecule has 1 aromatic carbocycles. The van der Waals surface area contributed by atoms with E-state index < -0.39 is 24.5 Å². The number of likely N-dealkylation sites (tertiary alicyclic amines) is 1. The van der Waals surface area contributed by atoms with Crippen LogP contribution in [-0.2, 0) is 4.79 Å². The summed E-state index contributed by atoms with van der Waals surface area (Å²) in [5.41, 5.74) is 0.477. The topological polar surface area (TPSA) is 71.8 Å². The van der Waals surface area contributed by atoms with Crippen LogP contribution in [0.4, 0.5) is 13.2 Å². The smallest absolute Gasteiger partial charge is 0.405 e. The zero-order chi connectivity index (χ0) is 19.6. The Labute approximate surface area is 153 Å². The van der Waals surface area contributed by atoms with E-state index in [-0.39, 0.29) is 24.8 Å². The lowest BCUT2D eigenvalue weighted by Gasteiger charge is -2.30. The summed E-state index contributed by atoms with van der Waals surface area (Å²) in [6.07, 6.45) is -3.83. The van der Waals surface area contributed by atoms with Crippen molar-refractivity contribution in [2.24, 2.45) is 5.92 Å². The van der Waals surface area contributed by atoms with Crippen LogP contribution in [0, 0.1) is 5.92 Å². The first-order valence-electron chi connectivity index (χ1n) is 8.49. The number of alkyl halides is 3. The third-order valence-corrected chi connectivity index (χ3v) is 4.55. The van der Waals surface area contributed by atoms with Gasteiger partial charge in [0.15, 0.2) is 17.1 Å². The second-order valence-electron chi connectivity index (χ2n) is 6.39. The Kier molecular flexibility index (Phi) is 5.29. The normalized spacial score (nSPS) is 15.8. The van der Waals surface area contributed by atoms with E-state index in [9.17, 15) is 22.8 Å². The molecule has 2 aromatic rings. The predicted octanol–water partition coefficient (Wildman–Crippen LogP) is 2.97. The molecule has 0 spiro atoms. The van der Waals surface area contributed by atoms with Crippen molar-refractivity contribution in [3.63, 3.8) is 0 Å². The Morgan fingerprint density at radius 1 is 1.30 bits per heavy atom. The number of halogens is 3. The number of benzene rings is 1. The molecule has 0 bridgehead atoms. The summed E-state index contributed by atoms with van der Waals surface area (Å²) in [4.78, 5) is 26.0. The van der Waals surface area contributed by atoms with E-state index in [2.05, 4.69) is 0 Å². The lowest BCUT2D eigenvalue weighted by atomic mass is 9.95. The average Bonchev–Trinajstić information content (AvgIpc) is 3.09. The molecular formula is C18H19F3N2O4. The standard InChI is InChI=1S/C18H19F3N2O4/c1-26-13-4-2-3-12-9-14(27-15(12)13)17(25)23-7-5-11(6-8-23)16(24)22-10-18(19,20)21/h2-4,9,11H,5-8,10H2,1H3,(H,22,24). The molecule has 6 nitrogen and oxygen atoms in total. The van der Waals surface area contributed by atoms with Gasteiger partial charge >= 0.3 is 6.18 Å². The number of hydrogen-bond donors (Lipinski definition) is 1. The molecule has 3 rings (SSSR count). The SMILES string of the molecule is COc1cccc2cc(C(=O)N3CCC(C(=O)NCC(F)(F)F)CC3)oc12. The molecule has 9 heteroatoms. The number of furan rings is 1. The van der Waals surface area contributed by atoms with Crippen molar-refractivity contribution in [2.45, 2.75) is 19.0 Å². The lowest BCUT2D eigenvalue weighted by Crippen LogP contribution is -2.44. The van der Waals surface area contributed by atoms with Gasteiger partial charge in [-0.15, -0.1) is 0 Å². The highest BCUT2D eigenvalue weighted by atomic mass is 19.4. The highest BCUT2D eigenvalue weighted by molar-refractivity contribution is 5.97. The third kappa shape index (κ3) is 4.35. The molecule has 1 fully saturated rings. The first-order chi connectivity index (χ1) is 12.8. The van der Waals surface area contributed by atoms with Crippen molar-refractivity contribution in [3.05, 3.63) is 30.0 Å². The molecule has 1 aliphatic rings. The van der Waals surface area contributed by atoms with Crippen LogP contribution in [0.1, 0.15) is 23.4 Å². The molecule has 1 N–H and O–H groups in total. The van der Waals surface area contributed by atoms with Crippen molar-refractivity contribution in [3.8, 4) is 5.75 Å². The summed E-state index contributed by atoms with van der Waals surface area (Å²) in [5, 5.41) is 2.63. The van der Waals surface area contributed by atoms with Crippen LogP contribution in [0.2, 0.25) is 0 Å². The van der Waals surface area contributed by atoms with E-state index in [1.165, 1.54) is 12.0 Å². The predicted molar refractivity (Wildman–Crippen MR) is 90.5 cm³/mol. The van der Waals surface area contributed by atoms with Gasteiger partial charge in [0, 0.05) is 24.4 Å². The molecule has 0 saturated carbocycles. The fourth-order valence-corrected chi connectivity index (χ4v) is 3.13. The van der Waals surface area contributed by atoms with E-state index in [4.69, 9.17) is 9.15 Å². The number of nitrogens with zero attached hydrogens (tertiary/aromatic N) is 1. The monoisotopic (exact) mass is 384 g/mol. The molecule has 0 aliphatic carbocycles. The van der Waals surface area contributed by atoms with Crippen molar-refractivity contribution < 1.29 is 31.9 Å². The van der Waals surface area contributed by atoms with Gasteiger partial charge in [-0.25, -0.2) is 0 Å². The second kappa shape index (κ2) is 7.50. The Hall–Kier alpha value is -2.71. The van der Waals surface area contributed by atoms with E-state index in [0.29, 0.717) is 24.2 Å². The number of rotatable bonds is 4. The molecule has 1 aromatic heterocycles. The molecule has 27 heavy (non-hydrogen) atoms. The number of methoxy groups -OCH3 is 1. The number of para-hydroxylation sites is 1. The first kappa shape index (κ1) is 19.1. The van der Waals surface area contributed by atoms with Gasteiger partial charge in [0.1, 0.15) is 6.54 Å². The number of nitrogens with one attached hydrogen (secondary N) is 1. The maximum absolute atomic E-state index is 12.6. The molecule has 0 unspecified atom stereocenters. The van der Waals surface area contributed by atoms with Gasteiger partial charge in [-0.1, -0.05) is 12.1 Å². The highest BCUT2D eigenvalue weighted by Crippen LogP contribution is 2.29. The van der Waals surface area contributed by atoms with Gasteiger partial charge in [-0.2, -0.15) is 13.2 Å². The number of ether oxygens (including phenoxy) is 1. The van der Waals surface area contributed by atoms with Crippen LogP contribution in [0.15, 0.2) is 28.7 Å². The quantitative estimate of drug-likeness (QED) is 0.880. The van der Waals surface area contributed by atoms with Crippen LogP contribution in [0.3, 0.4) is 0 Å². The number of carbonyl (C=O) groups is 2. The number of fused-ring (bicyclic) bond motifs is 1. The Morgan fingerprint density at radius 2 is 2.00 bits per heavy atom. The van der Waals surface area contributed by atoms with E-state index >= 15 is 0 Å². The molecule has 146 valence electrons. The number of carbonyl (C=O) groups excluding carboxylic acids is 2. The van der Waals surface area contributed by atoms with Crippen molar-refractivity contribution in [1.29, 1.82) is 0 Å². The average molecular weight is 384 g/mol. The van der Waals surface area contributed by atoms with Crippen molar-refractivity contribution in [2.75, 3.05) is 26.7 Å². The van der Waals surface area contributed by atoms with Crippen LogP contribution in [0.25, 0.3) is 11.0 Å².